The van der Waals surface area contributed by atoms with E-state index in [1.807, 2.05) is 43.3 Å². The second-order valence-electron chi connectivity index (χ2n) is 12.6. The second-order valence-corrected chi connectivity index (χ2v) is 12.6. The van der Waals surface area contributed by atoms with Gasteiger partial charge in [-0.3, -0.25) is 24.1 Å². The van der Waals surface area contributed by atoms with Crippen molar-refractivity contribution < 1.29 is 39.6 Å². The number of Topliss-reactive ketones (excluding diaryl/α,β-unsaturated/α-hetero) is 2. The Hall–Kier alpha value is -5.14. The number of phenols is 1. The van der Waals surface area contributed by atoms with Crippen LogP contribution in [0, 0.1) is 11.8 Å². The predicted molar refractivity (Wildman–Crippen MR) is 175 cm³/mol. The molecule has 3 aliphatic carbocycles. The van der Waals surface area contributed by atoms with Crippen LogP contribution in [0.3, 0.4) is 0 Å². The van der Waals surface area contributed by atoms with Gasteiger partial charge in [-0.1, -0.05) is 12.1 Å². The van der Waals surface area contributed by atoms with Gasteiger partial charge in [0.15, 0.2) is 17.1 Å². The summed E-state index contributed by atoms with van der Waals surface area (Å²) >= 11 is 0. The molecule has 0 aliphatic heterocycles. The van der Waals surface area contributed by atoms with Gasteiger partial charge in [0.05, 0.1) is 23.8 Å². The summed E-state index contributed by atoms with van der Waals surface area (Å²) in [6.45, 7) is 4.04. The number of hydrogen-bond acceptors (Lipinski definition) is 11. The highest BCUT2D eigenvalue weighted by Gasteiger charge is 2.63. The van der Waals surface area contributed by atoms with Crippen molar-refractivity contribution in [3.63, 3.8) is 0 Å². The summed E-state index contributed by atoms with van der Waals surface area (Å²) in [4.78, 5) is 58.0. The standard InChI is InChI=1S/C34H39N5O8/c1-6-13-39(20-10-8-19(9-11-20)37(2)3)16-23(40)36-22-12-7-17-14-18-15-21-27(38(4)5)30(43)26(33(35)46)32(45)34(21,47)31(44)25(18)29(42)24(17)28(22)41/h6-12,18,21,27,41,43-44,47H,1,13-16H2,2-5H3,(H2,35,46)(H,36,40)/t18?,21?,27-,34-/m0/s1. The molecule has 13 nitrogen and oxygen atoms in total. The minimum absolute atomic E-state index is 0.0142. The van der Waals surface area contributed by atoms with E-state index in [0.29, 0.717) is 12.1 Å². The number of allylic oxidation sites excluding steroid dienone is 1. The fourth-order valence-electron chi connectivity index (χ4n) is 7.07. The first-order valence-electron chi connectivity index (χ1n) is 15.1. The van der Waals surface area contributed by atoms with Gasteiger partial charge in [-0.2, -0.15) is 0 Å². The number of nitrogens with two attached hydrogens (primary N) is 1. The molecule has 0 aromatic heterocycles. The van der Waals surface area contributed by atoms with Crippen LogP contribution >= 0.6 is 0 Å². The number of carbonyl (C=O) groups excluding carboxylic acids is 4. The summed E-state index contributed by atoms with van der Waals surface area (Å²) in [5.74, 6) is -7.83. The zero-order valence-corrected chi connectivity index (χ0v) is 26.6. The summed E-state index contributed by atoms with van der Waals surface area (Å²) in [6.07, 6.45) is 1.79. The number of aliphatic hydroxyl groups is 3. The van der Waals surface area contributed by atoms with Crippen molar-refractivity contribution in [1.82, 2.24) is 4.90 Å². The molecule has 4 atom stereocenters. The molecule has 7 N–H and O–H groups in total. The molecule has 0 bridgehead atoms. The molecule has 0 heterocycles. The molecule has 0 fully saturated rings. The molecule has 0 spiro atoms. The number of primary amides is 1. The van der Waals surface area contributed by atoms with Crippen LogP contribution in [0.1, 0.15) is 22.3 Å². The van der Waals surface area contributed by atoms with E-state index in [0.717, 1.165) is 11.4 Å². The first-order chi connectivity index (χ1) is 22.1. The highest BCUT2D eigenvalue weighted by atomic mass is 16.3. The van der Waals surface area contributed by atoms with Crippen molar-refractivity contribution in [3.05, 3.63) is 82.8 Å². The van der Waals surface area contributed by atoms with E-state index >= 15 is 0 Å². The van der Waals surface area contributed by atoms with Gasteiger partial charge in [0, 0.05) is 43.5 Å². The van der Waals surface area contributed by atoms with Gasteiger partial charge in [-0.25, -0.2) is 0 Å². The van der Waals surface area contributed by atoms with Gasteiger partial charge in [0.2, 0.25) is 11.7 Å². The molecule has 248 valence electrons. The van der Waals surface area contributed by atoms with Gasteiger partial charge in [0.25, 0.3) is 5.91 Å². The van der Waals surface area contributed by atoms with E-state index in [1.165, 1.54) is 11.0 Å². The van der Waals surface area contributed by atoms with Crippen molar-refractivity contribution in [2.75, 3.05) is 56.4 Å². The summed E-state index contributed by atoms with van der Waals surface area (Å²) in [5.41, 5.74) is 3.47. The van der Waals surface area contributed by atoms with E-state index in [1.54, 1.807) is 31.1 Å². The molecule has 2 unspecified atom stereocenters. The number of aromatic hydroxyl groups is 1. The molecule has 0 saturated carbocycles. The van der Waals surface area contributed by atoms with E-state index in [2.05, 4.69) is 11.9 Å². The molecular formula is C34H39N5O8. The zero-order valence-electron chi connectivity index (χ0n) is 26.6. The van der Waals surface area contributed by atoms with E-state index in [4.69, 9.17) is 5.73 Å². The van der Waals surface area contributed by atoms with Crippen molar-refractivity contribution in [2.24, 2.45) is 17.6 Å². The number of rotatable bonds is 9. The largest absolute Gasteiger partial charge is 0.510 e. The molecule has 47 heavy (non-hydrogen) atoms. The van der Waals surface area contributed by atoms with Crippen molar-refractivity contribution >= 4 is 40.4 Å². The Morgan fingerprint density at radius 1 is 1.04 bits per heavy atom. The van der Waals surface area contributed by atoms with Crippen LogP contribution in [-0.4, -0.2) is 102 Å². The first-order valence-corrected chi connectivity index (χ1v) is 15.1. The van der Waals surface area contributed by atoms with Crippen LogP contribution in [0.5, 0.6) is 5.75 Å². The molecule has 0 saturated heterocycles. The number of nitrogens with one attached hydrogen (secondary N) is 1. The van der Waals surface area contributed by atoms with Crippen LogP contribution in [0.15, 0.2) is 71.7 Å². The number of carbonyl (C=O) groups is 4. The Labute approximate surface area is 271 Å². The van der Waals surface area contributed by atoms with Crippen LogP contribution < -0.4 is 20.9 Å². The average Bonchev–Trinajstić information content (AvgIpc) is 3.00. The maximum absolute atomic E-state index is 14.0. The second kappa shape index (κ2) is 12.2. The average molecular weight is 646 g/mol. The molecule has 0 radical (unpaired) electrons. The SMILES string of the molecule is C=CCN(CC(=O)Nc1ccc2c(c1O)C(=O)C1=C(O)[C@]3(O)C(=O)C(C(N)=O)=C(O)[C@@H](N(C)C)C3CC1C2)c1ccc(N(C)C)cc1. The maximum atomic E-state index is 14.0. The minimum atomic E-state index is -2.73. The van der Waals surface area contributed by atoms with Crippen LogP contribution in [0.4, 0.5) is 17.1 Å². The maximum Gasteiger partial charge on any atom is 0.255 e. The molecule has 3 aliphatic rings. The number of nitrogens with zero attached hydrogens (tertiary/aromatic N) is 3. The number of amides is 2. The summed E-state index contributed by atoms with van der Waals surface area (Å²) in [5, 5.41) is 48.0. The Morgan fingerprint density at radius 2 is 1.68 bits per heavy atom. The van der Waals surface area contributed by atoms with Crippen LogP contribution in [0.2, 0.25) is 0 Å². The Kier molecular flexibility index (Phi) is 8.65. The predicted octanol–water partition coefficient (Wildman–Crippen LogP) is 1.82. The number of fused-ring (bicyclic) bond motifs is 3. The van der Waals surface area contributed by atoms with Crippen molar-refractivity contribution in [3.8, 4) is 5.75 Å². The Morgan fingerprint density at radius 3 is 2.26 bits per heavy atom. The third kappa shape index (κ3) is 5.40. The first kappa shape index (κ1) is 33.2. The molecule has 13 heteroatoms. The monoisotopic (exact) mass is 645 g/mol. The number of phenolic OH excluding ortho intramolecular Hbond substituents is 1. The Balaban J connectivity index is 1.47. The number of likely N-dealkylation sites (N-methyl/N-ethyl adjacent to an activating group) is 1. The molecule has 2 aromatic carbocycles. The summed E-state index contributed by atoms with van der Waals surface area (Å²) in [7, 11) is 6.98. The van der Waals surface area contributed by atoms with Gasteiger partial charge < -0.3 is 41.3 Å². The fourth-order valence-corrected chi connectivity index (χ4v) is 7.07. The summed E-state index contributed by atoms with van der Waals surface area (Å²) < 4.78 is 0. The lowest BCUT2D eigenvalue weighted by molar-refractivity contribution is -0.148. The number of hydrogen-bond donors (Lipinski definition) is 6. The highest BCUT2D eigenvalue weighted by molar-refractivity contribution is 6.25. The third-order valence-electron chi connectivity index (χ3n) is 9.28. The number of ketones is 2. The number of benzene rings is 2. The number of anilines is 3. The summed E-state index contributed by atoms with van der Waals surface area (Å²) in [6, 6.07) is 9.59. The van der Waals surface area contributed by atoms with Crippen molar-refractivity contribution in [1.29, 1.82) is 0 Å². The number of aliphatic hydroxyl groups excluding tert-OH is 2. The minimum Gasteiger partial charge on any atom is -0.510 e. The van der Waals surface area contributed by atoms with Crippen LogP contribution in [-0.2, 0) is 20.8 Å². The lowest BCUT2D eigenvalue weighted by Gasteiger charge is -2.50. The van der Waals surface area contributed by atoms with Gasteiger partial charge in [-0.15, -0.1) is 6.58 Å². The fraction of sp³-hybridized carbons (Fsp3) is 0.353. The highest BCUT2D eigenvalue weighted by Crippen LogP contribution is 2.52. The van der Waals surface area contributed by atoms with E-state index in [-0.39, 0.29) is 36.2 Å². The lowest BCUT2D eigenvalue weighted by atomic mass is 9.58. The topological polar surface area (TPSA) is 197 Å². The molecular weight excluding hydrogens is 606 g/mol. The van der Waals surface area contributed by atoms with Crippen LogP contribution in [0.25, 0.3) is 0 Å². The molecule has 2 aromatic rings. The zero-order chi connectivity index (χ0) is 34.5. The van der Waals surface area contributed by atoms with Gasteiger partial charge in [0.1, 0.15) is 17.1 Å². The van der Waals surface area contributed by atoms with Gasteiger partial charge in [-0.05, 0) is 68.8 Å². The normalized spacial score (nSPS) is 23.6. The lowest BCUT2D eigenvalue weighted by Crippen LogP contribution is -2.63. The smallest absolute Gasteiger partial charge is 0.255 e. The van der Waals surface area contributed by atoms with Gasteiger partial charge >= 0.3 is 0 Å². The molecule has 2 amide bonds. The Bertz CT molecular complexity index is 1750. The van der Waals surface area contributed by atoms with E-state index in [9.17, 15) is 39.6 Å². The quantitative estimate of drug-likeness (QED) is 0.132. The van der Waals surface area contributed by atoms with E-state index < -0.39 is 69.7 Å². The van der Waals surface area contributed by atoms with Crippen molar-refractivity contribution in [2.45, 2.75) is 24.5 Å². The molecule has 5 rings (SSSR count). The third-order valence-corrected chi connectivity index (χ3v) is 9.28.